The number of rotatable bonds is 5. The Balaban J connectivity index is 1.73. The largest absolute Gasteiger partial charge is 0.493 e. The number of thioether (sulfide) groups is 1. The molecule has 4 rings (SSSR count). The molecular weight excluding hydrogens is 386 g/mol. The highest BCUT2D eigenvalue weighted by atomic mass is 32.2. The molecule has 6 nitrogen and oxygen atoms in total. The van der Waals surface area contributed by atoms with Crippen molar-refractivity contribution in [3.63, 3.8) is 0 Å². The zero-order valence-corrected chi connectivity index (χ0v) is 17.4. The highest BCUT2D eigenvalue weighted by molar-refractivity contribution is 8.00. The minimum Gasteiger partial charge on any atom is -0.493 e. The number of anilines is 1. The summed E-state index contributed by atoms with van der Waals surface area (Å²) in [5.74, 6) is 2.22. The first-order valence-corrected chi connectivity index (χ1v) is 10.4. The van der Waals surface area contributed by atoms with E-state index in [0.717, 1.165) is 22.4 Å². The maximum atomic E-state index is 12.1. The number of methoxy groups -OCH3 is 1. The number of nitrogens with one attached hydrogen (secondary N) is 2. The van der Waals surface area contributed by atoms with Crippen molar-refractivity contribution in [3.05, 3.63) is 70.4 Å². The quantitative estimate of drug-likeness (QED) is 0.654. The highest BCUT2D eigenvalue weighted by Gasteiger charge is 2.31. The van der Waals surface area contributed by atoms with Crippen LogP contribution in [0.2, 0.25) is 0 Å². The van der Waals surface area contributed by atoms with Crippen LogP contribution in [0.25, 0.3) is 0 Å². The van der Waals surface area contributed by atoms with Crippen LogP contribution in [0.4, 0.5) is 5.82 Å². The molecule has 0 radical (unpaired) electrons. The molecule has 1 aliphatic heterocycles. The van der Waals surface area contributed by atoms with Gasteiger partial charge in [0.25, 0.3) is 0 Å². The summed E-state index contributed by atoms with van der Waals surface area (Å²) in [6.07, 6.45) is 0. The van der Waals surface area contributed by atoms with E-state index in [4.69, 9.17) is 9.47 Å². The lowest BCUT2D eigenvalue weighted by atomic mass is 10.0. The number of fused-ring (bicyclic) bond motifs is 1. The number of ether oxygens (including phenoxy) is 2. The molecule has 0 saturated heterocycles. The molecule has 0 fully saturated rings. The highest BCUT2D eigenvalue weighted by Crippen LogP contribution is 2.47. The Bertz CT molecular complexity index is 1030. The van der Waals surface area contributed by atoms with Gasteiger partial charge in [0, 0.05) is 16.8 Å². The fraction of sp³-hybridized carbons (Fsp3) is 0.273. The zero-order valence-electron chi connectivity index (χ0n) is 16.6. The summed E-state index contributed by atoms with van der Waals surface area (Å²) in [6.45, 7) is 4.45. The molecule has 150 valence electrons. The van der Waals surface area contributed by atoms with Gasteiger partial charge in [-0.3, -0.25) is 9.89 Å². The van der Waals surface area contributed by atoms with Crippen molar-refractivity contribution in [1.82, 2.24) is 10.2 Å². The van der Waals surface area contributed by atoms with Crippen molar-refractivity contribution in [2.24, 2.45) is 0 Å². The first-order valence-electron chi connectivity index (χ1n) is 9.38. The molecule has 1 unspecified atom stereocenters. The molecule has 29 heavy (non-hydrogen) atoms. The van der Waals surface area contributed by atoms with E-state index in [-0.39, 0.29) is 11.2 Å². The molecule has 2 aromatic carbocycles. The summed E-state index contributed by atoms with van der Waals surface area (Å²) < 4.78 is 11.9. The smallest absolute Gasteiger partial charge is 0.235 e. The van der Waals surface area contributed by atoms with Gasteiger partial charge in [0.15, 0.2) is 17.3 Å². The number of carbonyl (C=O) groups is 1. The fourth-order valence-electron chi connectivity index (χ4n) is 3.40. The van der Waals surface area contributed by atoms with E-state index in [9.17, 15) is 4.79 Å². The maximum Gasteiger partial charge on any atom is 0.235 e. The molecule has 0 bridgehead atoms. The molecule has 0 spiro atoms. The maximum absolute atomic E-state index is 12.1. The number of benzene rings is 2. The number of aromatic amines is 1. The fourth-order valence-corrected chi connectivity index (χ4v) is 4.61. The van der Waals surface area contributed by atoms with E-state index < -0.39 is 0 Å². The molecule has 0 aliphatic carbocycles. The third-order valence-corrected chi connectivity index (χ3v) is 6.16. The van der Waals surface area contributed by atoms with Gasteiger partial charge in [0.05, 0.1) is 18.1 Å². The third kappa shape index (κ3) is 3.96. The second-order valence-corrected chi connectivity index (χ2v) is 8.10. The van der Waals surface area contributed by atoms with Crippen molar-refractivity contribution in [2.45, 2.75) is 25.7 Å². The van der Waals surface area contributed by atoms with E-state index in [1.54, 1.807) is 18.9 Å². The molecule has 1 aliphatic rings. The van der Waals surface area contributed by atoms with Gasteiger partial charge in [-0.25, -0.2) is 0 Å². The third-order valence-electron chi connectivity index (χ3n) is 4.91. The zero-order chi connectivity index (χ0) is 20.4. The molecule has 2 N–H and O–H groups in total. The van der Waals surface area contributed by atoms with Crippen molar-refractivity contribution < 1.29 is 14.3 Å². The van der Waals surface area contributed by atoms with Crippen LogP contribution in [0.15, 0.2) is 42.5 Å². The Morgan fingerprint density at radius 1 is 1.17 bits per heavy atom. The Kier molecular flexibility index (Phi) is 5.49. The van der Waals surface area contributed by atoms with E-state index >= 15 is 0 Å². The SMILES string of the molecule is COc1cccc(C2SCC(=O)Nc3n[nH]c(C)c32)c1OCc1ccc(C)cc1. The van der Waals surface area contributed by atoms with Gasteiger partial charge in [-0.2, -0.15) is 5.10 Å². The van der Waals surface area contributed by atoms with Crippen molar-refractivity contribution in [1.29, 1.82) is 0 Å². The molecule has 7 heteroatoms. The van der Waals surface area contributed by atoms with Crippen molar-refractivity contribution in [3.8, 4) is 11.5 Å². The molecule has 2 heterocycles. The van der Waals surface area contributed by atoms with Crippen LogP contribution in [-0.4, -0.2) is 29.0 Å². The summed E-state index contributed by atoms with van der Waals surface area (Å²) in [6, 6.07) is 14.1. The summed E-state index contributed by atoms with van der Waals surface area (Å²) in [5, 5.41) is 10.0. The number of nitrogens with zero attached hydrogens (tertiary/aromatic N) is 1. The lowest BCUT2D eigenvalue weighted by molar-refractivity contribution is -0.113. The van der Waals surface area contributed by atoms with Gasteiger partial charge in [0.1, 0.15) is 6.61 Å². The predicted octanol–water partition coefficient (Wildman–Crippen LogP) is 4.39. The van der Waals surface area contributed by atoms with E-state index in [1.807, 2.05) is 25.1 Å². The lowest BCUT2D eigenvalue weighted by Crippen LogP contribution is -2.12. The molecule has 1 atom stereocenters. The monoisotopic (exact) mass is 409 g/mol. The number of H-pyrrole nitrogens is 1. The number of carbonyl (C=O) groups excluding carboxylic acids is 1. The van der Waals surface area contributed by atoms with Crippen LogP contribution in [-0.2, 0) is 11.4 Å². The standard InChI is InChI=1S/C22H23N3O3S/c1-13-7-9-15(10-8-13)11-28-20-16(5-4-6-17(20)27-3)21-19-14(2)24-25-22(19)23-18(26)12-29-21/h4-10,21H,11-12H2,1-3H3,(H2,23,24,25,26). The Hall–Kier alpha value is -2.93. The van der Waals surface area contributed by atoms with Crippen LogP contribution in [0, 0.1) is 13.8 Å². The van der Waals surface area contributed by atoms with Gasteiger partial charge in [0.2, 0.25) is 5.91 Å². The second-order valence-electron chi connectivity index (χ2n) is 7.00. The number of para-hydroxylation sites is 1. The van der Waals surface area contributed by atoms with Crippen LogP contribution in [0.5, 0.6) is 11.5 Å². The Labute approximate surface area is 174 Å². The molecular formula is C22H23N3O3S. The predicted molar refractivity (Wildman–Crippen MR) is 115 cm³/mol. The van der Waals surface area contributed by atoms with Gasteiger partial charge in [-0.05, 0) is 25.5 Å². The van der Waals surface area contributed by atoms with Crippen LogP contribution < -0.4 is 14.8 Å². The Morgan fingerprint density at radius 2 is 1.97 bits per heavy atom. The topological polar surface area (TPSA) is 76.2 Å². The number of hydrogen-bond donors (Lipinski definition) is 2. The minimum absolute atomic E-state index is 0.0599. The summed E-state index contributed by atoms with van der Waals surface area (Å²) in [7, 11) is 1.64. The average Bonchev–Trinajstić information content (AvgIpc) is 2.98. The lowest BCUT2D eigenvalue weighted by Gasteiger charge is -2.21. The van der Waals surface area contributed by atoms with Crippen molar-refractivity contribution >= 4 is 23.5 Å². The van der Waals surface area contributed by atoms with Gasteiger partial charge in [-0.15, -0.1) is 11.8 Å². The van der Waals surface area contributed by atoms with Gasteiger partial charge < -0.3 is 14.8 Å². The molecule has 3 aromatic rings. The van der Waals surface area contributed by atoms with Gasteiger partial charge >= 0.3 is 0 Å². The van der Waals surface area contributed by atoms with Gasteiger partial charge in [-0.1, -0.05) is 42.0 Å². The minimum atomic E-state index is -0.106. The first kappa shape index (κ1) is 19.4. The summed E-state index contributed by atoms with van der Waals surface area (Å²) in [5.41, 5.74) is 5.14. The van der Waals surface area contributed by atoms with Crippen LogP contribution in [0.1, 0.15) is 33.2 Å². The molecule has 1 amide bonds. The van der Waals surface area contributed by atoms with E-state index in [1.165, 1.54) is 5.56 Å². The van der Waals surface area contributed by atoms with Crippen LogP contribution in [0.3, 0.4) is 0 Å². The number of aryl methyl sites for hydroxylation is 2. The second kappa shape index (κ2) is 8.21. The van der Waals surface area contributed by atoms with Crippen molar-refractivity contribution in [2.75, 3.05) is 18.2 Å². The number of aromatic nitrogens is 2. The van der Waals surface area contributed by atoms with E-state index in [2.05, 4.69) is 46.7 Å². The summed E-state index contributed by atoms with van der Waals surface area (Å²) in [4.78, 5) is 12.1. The van der Waals surface area contributed by atoms with Crippen LogP contribution >= 0.6 is 11.8 Å². The normalized spacial score (nSPS) is 16.0. The summed E-state index contributed by atoms with van der Waals surface area (Å²) >= 11 is 1.56. The number of amides is 1. The first-order chi connectivity index (χ1) is 14.1. The Morgan fingerprint density at radius 3 is 2.72 bits per heavy atom. The number of hydrogen-bond acceptors (Lipinski definition) is 5. The molecule has 0 saturated carbocycles. The average molecular weight is 410 g/mol. The molecule has 1 aromatic heterocycles. The van der Waals surface area contributed by atoms with E-state index in [0.29, 0.717) is 29.7 Å².